The number of halogens is 1. The van der Waals surface area contributed by atoms with Gasteiger partial charge in [0.05, 0.1) is 0 Å². The summed E-state index contributed by atoms with van der Waals surface area (Å²) < 4.78 is 27.7. The van der Waals surface area contributed by atoms with Gasteiger partial charge in [-0.25, -0.2) is 9.18 Å². The Hall–Kier alpha value is -1.92. The highest BCUT2D eigenvalue weighted by Gasteiger charge is 2.44. The van der Waals surface area contributed by atoms with Crippen molar-refractivity contribution >= 4 is 15.0 Å². The van der Waals surface area contributed by atoms with Gasteiger partial charge in [-0.2, -0.15) is 0 Å². The minimum Gasteiger partial charge on any atom is -0.460 e. The third-order valence-corrected chi connectivity index (χ3v) is 7.19. The van der Waals surface area contributed by atoms with Crippen molar-refractivity contribution in [3.05, 3.63) is 47.9 Å². The van der Waals surface area contributed by atoms with Crippen molar-refractivity contribution in [2.45, 2.75) is 85.2 Å². The smallest absolute Gasteiger partial charge is 0.334 e. The highest BCUT2D eigenvalue weighted by atomic mass is 28.3. The van der Waals surface area contributed by atoms with Crippen LogP contribution in [0.15, 0.2) is 36.4 Å². The van der Waals surface area contributed by atoms with E-state index in [0.29, 0.717) is 5.92 Å². The lowest BCUT2D eigenvalue weighted by Crippen LogP contribution is -2.49. The van der Waals surface area contributed by atoms with Gasteiger partial charge in [0.1, 0.15) is 18.0 Å². The molecule has 1 aliphatic heterocycles. The number of hydrogen-bond donors (Lipinski definition) is 0. The molecule has 1 aliphatic rings. The Labute approximate surface area is 193 Å². The van der Waals surface area contributed by atoms with Crippen LogP contribution in [0.4, 0.5) is 4.39 Å². The second-order valence-electron chi connectivity index (χ2n) is 10.6. The second-order valence-corrected chi connectivity index (χ2v) is 13.0. The zero-order valence-electron chi connectivity index (χ0n) is 20.5. The Morgan fingerprint density at radius 1 is 1.16 bits per heavy atom. The van der Waals surface area contributed by atoms with Gasteiger partial charge >= 0.3 is 5.97 Å². The van der Waals surface area contributed by atoms with Crippen LogP contribution in [0, 0.1) is 17.2 Å². The zero-order chi connectivity index (χ0) is 23.6. The van der Waals surface area contributed by atoms with E-state index in [9.17, 15) is 9.18 Å². The molecule has 176 valence electrons. The Morgan fingerprint density at radius 2 is 1.81 bits per heavy atom. The van der Waals surface area contributed by atoms with Gasteiger partial charge in [-0.3, -0.25) is 0 Å². The summed E-state index contributed by atoms with van der Waals surface area (Å²) in [6.07, 6.45) is 0.965. The molecular formula is C26H38FNO3Si. The lowest BCUT2D eigenvalue weighted by molar-refractivity contribution is -0.176. The van der Waals surface area contributed by atoms with Crippen molar-refractivity contribution in [3.63, 3.8) is 0 Å². The van der Waals surface area contributed by atoms with E-state index in [1.54, 1.807) is 0 Å². The minimum atomic E-state index is -1.36. The topological polar surface area (TPSA) is 40.5 Å². The maximum Gasteiger partial charge on any atom is 0.334 e. The molecule has 4 nitrogen and oxygen atoms in total. The molecular weight excluding hydrogens is 421 g/mol. The third kappa shape index (κ3) is 5.70. The predicted molar refractivity (Wildman–Crippen MR) is 130 cm³/mol. The van der Waals surface area contributed by atoms with Gasteiger partial charge in [-0.1, -0.05) is 34.6 Å². The van der Waals surface area contributed by atoms with E-state index >= 15 is 0 Å². The average Bonchev–Trinajstić information content (AvgIpc) is 3.11. The van der Waals surface area contributed by atoms with Crippen LogP contribution in [0.3, 0.4) is 0 Å². The van der Waals surface area contributed by atoms with E-state index in [1.165, 1.54) is 17.8 Å². The lowest BCUT2D eigenvalue weighted by Gasteiger charge is -2.42. The van der Waals surface area contributed by atoms with Gasteiger partial charge in [0.15, 0.2) is 9.04 Å². The summed E-state index contributed by atoms with van der Waals surface area (Å²) in [7, 11) is -1.36. The number of esters is 1. The molecule has 3 atom stereocenters. The molecule has 2 heterocycles. The summed E-state index contributed by atoms with van der Waals surface area (Å²) in [5.74, 6) is 0.0425. The molecule has 0 bridgehead atoms. The number of aromatic nitrogens is 1. The van der Waals surface area contributed by atoms with Crippen molar-refractivity contribution in [2.24, 2.45) is 11.3 Å². The van der Waals surface area contributed by atoms with Gasteiger partial charge in [0, 0.05) is 30.3 Å². The summed E-state index contributed by atoms with van der Waals surface area (Å²) >= 11 is 0. The third-order valence-electron chi connectivity index (χ3n) is 6.35. The molecule has 0 spiro atoms. The summed E-state index contributed by atoms with van der Waals surface area (Å²) in [6.45, 7) is 15.8. The van der Waals surface area contributed by atoms with E-state index in [4.69, 9.17) is 9.16 Å². The Kier molecular flexibility index (Phi) is 7.66. The van der Waals surface area contributed by atoms with E-state index in [0.717, 1.165) is 30.6 Å². The highest BCUT2D eigenvalue weighted by Crippen LogP contribution is 2.39. The second kappa shape index (κ2) is 9.92. The van der Waals surface area contributed by atoms with Crippen LogP contribution in [0.5, 0.6) is 0 Å². The first-order chi connectivity index (χ1) is 15.0. The Balaban J connectivity index is 1.81. The van der Waals surface area contributed by atoms with Crippen molar-refractivity contribution in [2.75, 3.05) is 0 Å². The Bertz CT molecular complexity index is 914. The normalized spacial score (nSPS) is 21.9. The molecule has 0 radical (unpaired) electrons. The van der Waals surface area contributed by atoms with Crippen molar-refractivity contribution in [1.82, 2.24) is 4.57 Å². The standard InChI is InChI=1S/C26H38FNO3Si/c1-17(2)22-12-13-23(18-8-10-19(27)11-9-18)28(22)15-14-20-16-21(26(3,4)5)24(25(29)30-20)31-32(6)7/h8-13,17,20-21,24,32H,14-16H2,1-7H3/t20?,21-,24+/m0/s1. The largest absolute Gasteiger partial charge is 0.460 e. The predicted octanol–water partition coefficient (Wildman–Crippen LogP) is 6.15. The number of carbonyl (C=O) groups is 1. The van der Waals surface area contributed by atoms with Gasteiger partial charge < -0.3 is 13.7 Å². The van der Waals surface area contributed by atoms with E-state index in [1.807, 2.05) is 12.1 Å². The molecule has 1 aromatic heterocycles. The molecule has 0 N–H and O–H groups in total. The van der Waals surface area contributed by atoms with Crippen LogP contribution in [0.1, 0.15) is 59.1 Å². The molecule has 6 heteroatoms. The molecule has 1 fully saturated rings. The number of cyclic esters (lactones) is 1. The fourth-order valence-electron chi connectivity index (χ4n) is 4.66. The van der Waals surface area contributed by atoms with Crippen LogP contribution in [-0.2, 0) is 20.5 Å². The number of benzene rings is 1. The number of ether oxygens (including phenoxy) is 1. The highest BCUT2D eigenvalue weighted by molar-refractivity contribution is 6.48. The molecule has 0 amide bonds. The summed E-state index contributed by atoms with van der Waals surface area (Å²) in [6, 6.07) is 10.9. The number of carbonyl (C=O) groups excluding carboxylic acids is 1. The first kappa shape index (κ1) is 24.7. The van der Waals surface area contributed by atoms with E-state index < -0.39 is 15.1 Å². The van der Waals surface area contributed by atoms with Crippen LogP contribution in [-0.4, -0.2) is 31.8 Å². The molecule has 1 unspecified atom stereocenters. The maximum atomic E-state index is 13.4. The van der Waals surface area contributed by atoms with Crippen LogP contribution in [0.2, 0.25) is 13.1 Å². The lowest BCUT2D eigenvalue weighted by atomic mass is 9.73. The molecule has 2 aromatic rings. The fourth-order valence-corrected chi connectivity index (χ4v) is 5.55. The molecule has 0 saturated carbocycles. The summed E-state index contributed by atoms with van der Waals surface area (Å²) in [5, 5.41) is 0. The monoisotopic (exact) mass is 459 g/mol. The van der Waals surface area contributed by atoms with Crippen LogP contribution < -0.4 is 0 Å². The first-order valence-corrected chi connectivity index (χ1v) is 14.6. The van der Waals surface area contributed by atoms with Gasteiger partial charge in [0.25, 0.3) is 0 Å². The van der Waals surface area contributed by atoms with Gasteiger partial charge in [0.2, 0.25) is 0 Å². The minimum absolute atomic E-state index is 0.0402. The van der Waals surface area contributed by atoms with Crippen molar-refractivity contribution < 1.29 is 18.3 Å². The molecule has 1 aromatic carbocycles. The average molecular weight is 460 g/mol. The molecule has 32 heavy (non-hydrogen) atoms. The molecule has 0 aliphatic carbocycles. The molecule has 1 saturated heterocycles. The number of rotatable bonds is 7. The number of hydrogen-bond acceptors (Lipinski definition) is 3. The Morgan fingerprint density at radius 3 is 2.38 bits per heavy atom. The van der Waals surface area contributed by atoms with Gasteiger partial charge in [-0.05, 0) is 72.8 Å². The maximum absolute atomic E-state index is 13.4. The molecule has 3 rings (SSSR count). The van der Waals surface area contributed by atoms with Crippen LogP contribution in [0.25, 0.3) is 11.3 Å². The SMILES string of the molecule is CC(C)c1ccc(-c2ccc(F)cc2)n1CCC1C[C@H](C(C)(C)C)[C@@H](O[SiH](C)C)C(=O)O1. The van der Waals surface area contributed by atoms with E-state index in [-0.39, 0.29) is 29.2 Å². The number of nitrogens with zero attached hydrogens (tertiary/aromatic N) is 1. The van der Waals surface area contributed by atoms with Crippen LogP contribution >= 0.6 is 0 Å². The zero-order valence-corrected chi connectivity index (χ0v) is 21.7. The summed E-state index contributed by atoms with van der Waals surface area (Å²) in [4.78, 5) is 12.9. The van der Waals surface area contributed by atoms with Crippen molar-refractivity contribution in [1.29, 1.82) is 0 Å². The van der Waals surface area contributed by atoms with Gasteiger partial charge in [-0.15, -0.1) is 0 Å². The fraction of sp³-hybridized carbons (Fsp3) is 0.577. The van der Waals surface area contributed by atoms with E-state index in [2.05, 4.69) is 64.4 Å². The first-order valence-electron chi connectivity index (χ1n) is 11.8. The van der Waals surface area contributed by atoms with Crippen molar-refractivity contribution in [3.8, 4) is 11.3 Å². The quantitative estimate of drug-likeness (QED) is 0.368. The summed E-state index contributed by atoms with van der Waals surface area (Å²) in [5.41, 5.74) is 3.24.